The van der Waals surface area contributed by atoms with E-state index in [1.165, 1.54) is 11.1 Å². The molecule has 152 valence electrons. The van der Waals surface area contributed by atoms with E-state index in [2.05, 4.69) is 18.2 Å². The predicted molar refractivity (Wildman–Crippen MR) is 118 cm³/mol. The number of hydrogen-bond donors (Lipinski definition) is 1. The quantitative estimate of drug-likeness (QED) is 0.656. The molecule has 0 aromatic heterocycles. The maximum absolute atomic E-state index is 12.8. The summed E-state index contributed by atoms with van der Waals surface area (Å²) >= 11 is 0. The molecule has 4 nitrogen and oxygen atoms in total. The van der Waals surface area contributed by atoms with Crippen molar-refractivity contribution in [1.82, 2.24) is 0 Å². The second kappa shape index (κ2) is 10.2. The molecule has 0 saturated heterocycles. The molecule has 0 aliphatic carbocycles. The van der Waals surface area contributed by atoms with Crippen LogP contribution in [-0.4, -0.2) is 24.3 Å². The van der Waals surface area contributed by atoms with Crippen LogP contribution in [0.1, 0.15) is 37.3 Å². The van der Waals surface area contributed by atoms with Crippen molar-refractivity contribution in [2.24, 2.45) is 11.7 Å². The van der Waals surface area contributed by atoms with Gasteiger partial charge >= 0.3 is 0 Å². The normalized spacial score (nSPS) is 15.3. The maximum Gasteiger partial charge on any atom is 0.250 e. The molecule has 0 saturated carbocycles. The van der Waals surface area contributed by atoms with Gasteiger partial charge in [0.15, 0.2) is 0 Å². The van der Waals surface area contributed by atoms with E-state index in [1.54, 1.807) is 6.08 Å². The molecule has 1 heterocycles. The van der Waals surface area contributed by atoms with Crippen molar-refractivity contribution < 1.29 is 9.59 Å². The fraction of sp³-hybridized carbons (Fsp3) is 0.360. The number of ketones is 1. The highest BCUT2D eigenvalue weighted by Gasteiger charge is 2.23. The van der Waals surface area contributed by atoms with Crippen molar-refractivity contribution in [2.75, 3.05) is 11.4 Å². The molecule has 0 fully saturated rings. The number of nitrogens with two attached hydrogens (primary N) is 1. The summed E-state index contributed by atoms with van der Waals surface area (Å²) in [6, 6.07) is 17.8. The number of carbonyl (C=O) groups excluding carboxylic acids is 2. The highest BCUT2D eigenvalue weighted by atomic mass is 16.2. The topological polar surface area (TPSA) is 63.4 Å². The summed E-state index contributed by atoms with van der Waals surface area (Å²) in [7, 11) is 0. The first-order valence-electron chi connectivity index (χ1n) is 10.5. The molecule has 0 radical (unpaired) electrons. The zero-order valence-corrected chi connectivity index (χ0v) is 17.1. The van der Waals surface area contributed by atoms with Crippen molar-refractivity contribution >= 4 is 17.4 Å². The zero-order chi connectivity index (χ0) is 20.6. The number of para-hydroxylation sites is 1. The first kappa shape index (κ1) is 21.0. The van der Waals surface area contributed by atoms with E-state index in [-0.39, 0.29) is 17.6 Å². The molecule has 0 spiro atoms. The molecular formula is C25H30N2O2. The summed E-state index contributed by atoms with van der Waals surface area (Å²) in [6.45, 7) is 2.63. The van der Waals surface area contributed by atoms with Crippen LogP contribution in [0.25, 0.3) is 0 Å². The molecule has 0 bridgehead atoms. The smallest absolute Gasteiger partial charge is 0.250 e. The minimum atomic E-state index is -0.427. The SMILES string of the molecule is CC[C@H](N)C(=O)C[C@H](/C=C/C(=O)N1CCc2ccccc21)CCc1ccccc1. The Morgan fingerprint density at radius 1 is 1.10 bits per heavy atom. The Balaban J connectivity index is 1.67. The number of aryl methyl sites for hydroxylation is 1. The van der Waals surface area contributed by atoms with E-state index in [9.17, 15) is 9.59 Å². The van der Waals surface area contributed by atoms with E-state index in [0.717, 1.165) is 24.9 Å². The molecule has 1 aliphatic heterocycles. The van der Waals surface area contributed by atoms with Crippen molar-refractivity contribution in [2.45, 2.75) is 45.1 Å². The van der Waals surface area contributed by atoms with Crippen LogP contribution in [0, 0.1) is 5.92 Å². The first-order valence-corrected chi connectivity index (χ1v) is 10.5. The molecular weight excluding hydrogens is 360 g/mol. The van der Waals surface area contributed by atoms with Crippen molar-refractivity contribution in [1.29, 1.82) is 0 Å². The van der Waals surface area contributed by atoms with E-state index >= 15 is 0 Å². The summed E-state index contributed by atoms with van der Waals surface area (Å²) in [6.07, 6.45) is 7.13. The minimum Gasteiger partial charge on any atom is -0.322 e. The van der Waals surface area contributed by atoms with Crippen LogP contribution >= 0.6 is 0 Å². The summed E-state index contributed by atoms with van der Waals surface area (Å²) < 4.78 is 0. The van der Waals surface area contributed by atoms with Gasteiger partial charge in [0.1, 0.15) is 5.78 Å². The van der Waals surface area contributed by atoms with E-state index < -0.39 is 6.04 Å². The van der Waals surface area contributed by atoms with Crippen LogP contribution in [-0.2, 0) is 22.4 Å². The average molecular weight is 391 g/mol. The van der Waals surface area contributed by atoms with Crippen molar-refractivity contribution in [3.63, 3.8) is 0 Å². The van der Waals surface area contributed by atoms with Crippen LogP contribution in [0.2, 0.25) is 0 Å². The standard InChI is InChI=1S/C25H30N2O2/c1-2-22(26)24(28)18-20(13-12-19-8-4-3-5-9-19)14-15-25(29)27-17-16-21-10-6-7-11-23(21)27/h3-11,14-15,20,22H,2,12-13,16-18,26H2,1H3/b15-14+/t20-,22-/m0/s1. The van der Waals surface area contributed by atoms with Crippen LogP contribution < -0.4 is 10.6 Å². The van der Waals surface area contributed by atoms with Crippen LogP contribution in [0.15, 0.2) is 66.7 Å². The summed E-state index contributed by atoms with van der Waals surface area (Å²) in [5, 5.41) is 0. The number of anilines is 1. The van der Waals surface area contributed by atoms with Gasteiger partial charge in [-0.2, -0.15) is 0 Å². The van der Waals surface area contributed by atoms with Gasteiger partial charge in [-0.05, 0) is 54.9 Å². The molecule has 2 N–H and O–H groups in total. The number of hydrogen-bond acceptors (Lipinski definition) is 3. The van der Waals surface area contributed by atoms with Crippen molar-refractivity contribution in [3.05, 3.63) is 77.9 Å². The molecule has 4 heteroatoms. The third kappa shape index (κ3) is 5.64. The second-order valence-electron chi connectivity index (χ2n) is 7.70. The average Bonchev–Trinajstić information content (AvgIpc) is 3.19. The van der Waals surface area contributed by atoms with Gasteiger partial charge in [0.05, 0.1) is 6.04 Å². The van der Waals surface area contributed by atoms with Gasteiger partial charge in [0.25, 0.3) is 5.91 Å². The molecule has 2 aromatic carbocycles. The number of Topliss-reactive ketones (excluding diaryl/α,β-unsaturated/α-hetero) is 1. The maximum atomic E-state index is 12.8. The molecule has 1 amide bonds. The number of fused-ring (bicyclic) bond motifs is 1. The first-order chi connectivity index (χ1) is 14.1. The molecule has 29 heavy (non-hydrogen) atoms. The Morgan fingerprint density at radius 2 is 1.83 bits per heavy atom. The van der Waals surface area contributed by atoms with Crippen LogP contribution in [0.3, 0.4) is 0 Å². The van der Waals surface area contributed by atoms with Gasteiger partial charge in [-0.25, -0.2) is 0 Å². The zero-order valence-electron chi connectivity index (χ0n) is 17.1. The van der Waals surface area contributed by atoms with Gasteiger partial charge in [-0.15, -0.1) is 0 Å². The van der Waals surface area contributed by atoms with E-state index in [1.807, 2.05) is 54.3 Å². The monoisotopic (exact) mass is 390 g/mol. The number of amides is 1. The van der Waals surface area contributed by atoms with Crippen LogP contribution in [0.5, 0.6) is 0 Å². The third-order valence-electron chi connectivity index (χ3n) is 5.63. The molecule has 1 aliphatic rings. The Morgan fingerprint density at radius 3 is 2.59 bits per heavy atom. The summed E-state index contributed by atoms with van der Waals surface area (Å²) in [5.41, 5.74) is 9.37. The molecule has 2 atom stereocenters. The second-order valence-corrected chi connectivity index (χ2v) is 7.70. The largest absolute Gasteiger partial charge is 0.322 e. The lowest BCUT2D eigenvalue weighted by atomic mass is 9.91. The highest BCUT2D eigenvalue weighted by molar-refractivity contribution is 6.02. The molecule has 0 unspecified atom stereocenters. The number of rotatable bonds is 9. The van der Waals surface area contributed by atoms with Crippen LogP contribution in [0.4, 0.5) is 5.69 Å². The lowest BCUT2D eigenvalue weighted by molar-refractivity contribution is -0.121. The molecule has 2 aromatic rings. The lowest BCUT2D eigenvalue weighted by Crippen LogP contribution is -2.31. The fourth-order valence-electron chi connectivity index (χ4n) is 3.78. The number of nitrogens with zero attached hydrogens (tertiary/aromatic N) is 1. The van der Waals surface area contributed by atoms with Gasteiger partial charge < -0.3 is 10.6 Å². The Kier molecular flexibility index (Phi) is 7.36. The predicted octanol–water partition coefficient (Wildman–Crippen LogP) is 4.08. The van der Waals surface area contributed by atoms with Gasteiger partial charge in [0, 0.05) is 18.7 Å². The Labute approximate surface area is 173 Å². The summed E-state index contributed by atoms with van der Waals surface area (Å²) in [5.74, 6) is 0.0446. The number of benzene rings is 2. The van der Waals surface area contributed by atoms with Gasteiger partial charge in [-0.3, -0.25) is 9.59 Å². The van der Waals surface area contributed by atoms with Gasteiger partial charge in [-0.1, -0.05) is 61.5 Å². The molecule has 3 rings (SSSR count). The van der Waals surface area contributed by atoms with Crippen molar-refractivity contribution in [3.8, 4) is 0 Å². The number of allylic oxidation sites excluding steroid dienone is 1. The summed E-state index contributed by atoms with van der Waals surface area (Å²) in [4.78, 5) is 27.0. The van der Waals surface area contributed by atoms with E-state index in [0.29, 0.717) is 19.4 Å². The van der Waals surface area contributed by atoms with E-state index in [4.69, 9.17) is 5.73 Å². The fourth-order valence-corrected chi connectivity index (χ4v) is 3.78. The Bertz CT molecular complexity index is 860. The highest BCUT2D eigenvalue weighted by Crippen LogP contribution is 2.27. The van der Waals surface area contributed by atoms with Gasteiger partial charge in [0.2, 0.25) is 0 Å². The lowest BCUT2D eigenvalue weighted by Gasteiger charge is -2.17. The minimum absolute atomic E-state index is 0.00195. The third-order valence-corrected chi connectivity index (χ3v) is 5.63. The number of carbonyl (C=O) groups is 2. The Hall–Kier alpha value is -2.72.